The third-order valence-electron chi connectivity index (χ3n) is 4.94. The first-order valence-corrected chi connectivity index (χ1v) is 10.0. The van der Waals surface area contributed by atoms with E-state index < -0.39 is 0 Å². The molecule has 1 aliphatic rings. The number of aromatic hydroxyl groups is 1. The van der Waals surface area contributed by atoms with Gasteiger partial charge in [0.1, 0.15) is 4.88 Å². The fourth-order valence-electron chi connectivity index (χ4n) is 3.68. The van der Waals surface area contributed by atoms with E-state index in [2.05, 4.69) is 16.1 Å². The average molecular weight is 378 g/mol. The zero-order valence-corrected chi connectivity index (χ0v) is 15.8. The summed E-state index contributed by atoms with van der Waals surface area (Å²) in [5, 5.41) is 16.0. The van der Waals surface area contributed by atoms with Gasteiger partial charge in [-0.25, -0.2) is 4.98 Å². The van der Waals surface area contributed by atoms with Crippen LogP contribution in [0, 0.1) is 0 Å². The van der Waals surface area contributed by atoms with Crippen LogP contribution in [0.3, 0.4) is 0 Å². The van der Waals surface area contributed by atoms with Gasteiger partial charge in [0.2, 0.25) is 10.8 Å². The van der Waals surface area contributed by atoms with E-state index in [0.717, 1.165) is 45.8 Å². The lowest BCUT2D eigenvalue weighted by Crippen LogP contribution is -3.13. The SMILES string of the molecule is CCc1nc2sc([C@@H](c3ccccc3Cl)[NH+]3CCCCC3)c(O)n2n1. The second-order valence-electron chi connectivity index (χ2n) is 6.54. The Hall–Kier alpha value is -1.63. The zero-order chi connectivity index (χ0) is 17.4. The van der Waals surface area contributed by atoms with Crippen molar-refractivity contribution < 1.29 is 10.0 Å². The number of hydrogen-bond donors (Lipinski definition) is 2. The quantitative estimate of drug-likeness (QED) is 0.735. The van der Waals surface area contributed by atoms with E-state index in [0.29, 0.717) is 0 Å². The van der Waals surface area contributed by atoms with E-state index in [-0.39, 0.29) is 11.9 Å². The smallest absolute Gasteiger partial charge is 0.235 e. The molecule has 1 atom stereocenters. The Labute approximate surface area is 155 Å². The van der Waals surface area contributed by atoms with Crippen molar-refractivity contribution >= 4 is 27.9 Å². The monoisotopic (exact) mass is 377 g/mol. The summed E-state index contributed by atoms with van der Waals surface area (Å²) < 4.78 is 1.58. The summed E-state index contributed by atoms with van der Waals surface area (Å²) in [5.41, 5.74) is 1.07. The second kappa shape index (κ2) is 6.94. The Balaban J connectivity index is 1.84. The van der Waals surface area contributed by atoms with E-state index in [1.807, 2.05) is 25.1 Å². The summed E-state index contributed by atoms with van der Waals surface area (Å²) in [6.07, 6.45) is 4.45. The van der Waals surface area contributed by atoms with Gasteiger partial charge in [0.05, 0.1) is 18.1 Å². The number of fused-ring (bicyclic) bond motifs is 1. The van der Waals surface area contributed by atoms with Crippen molar-refractivity contribution in [3.05, 3.63) is 45.6 Å². The summed E-state index contributed by atoms with van der Waals surface area (Å²) in [5.74, 6) is 0.961. The molecule has 0 unspecified atom stereocenters. The van der Waals surface area contributed by atoms with Gasteiger partial charge in [-0.15, -0.1) is 5.10 Å². The third kappa shape index (κ3) is 3.03. The first kappa shape index (κ1) is 16.8. The fraction of sp³-hybridized carbons (Fsp3) is 0.444. The molecule has 0 spiro atoms. The highest BCUT2D eigenvalue weighted by atomic mass is 35.5. The Morgan fingerprint density at radius 3 is 2.72 bits per heavy atom. The Morgan fingerprint density at radius 1 is 1.28 bits per heavy atom. The minimum atomic E-state index is 0.0209. The minimum Gasteiger partial charge on any atom is -0.492 e. The van der Waals surface area contributed by atoms with E-state index in [4.69, 9.17) is 11.6 Å². The average Bonchev–Trinajstić information content (AvgIpc) is 3.18. The maximum Gasteiger partial charge on any atom is 0.235 e. The molecular formula is C18H22ClN4OS+. The van der Waals surface area contributed by atoms with Gasteiger partial charge in [-0.05, 0) is 25.3 Å². The molecule has 0 radical (unpaired) electrons. The molecule has 25 heavy (non-hydrogen) atoms. The van der Waals surface area contributed by atoms with Gasteiger partial charge >= 0.3 is 0 Å². The predicted molar refractivity (Wildman–Crippen MR) is 99.7 cm³/mol. The third-order valence-corrected chi connectivity index (χ3v) is 6.37. The van der Waals surface area contributed by atoms with Crippen LogP contribution in [0.4, 0.5) is 0 Å². The van der Waals surface area contributed by atoms with Crippen molar-refractivity contribution in [2.75, 3.05) is 13.1 Å². The lowest BCUT2D eigenvalue weighted by Gasteiger charge is -2.31. The number of rotatable bonds is 4. The van der Waals surface area contributed by atoms with Crippen molar-refractivity contribution in [2.45, 2.75) is 38.6 Å². The first-order valence-electron chi connectivity index (χ1n) is 8.85. The van der Waals surface area contributed by atoms with Crippen LogP contribution >= 0.6 is 22.9 Å². The number of aromatic nitrogens is 3. The standard InChI is InChI=1S/C18H21ClN4OS/c1-2-14-20-18-23(21-14)17(24)16(25-18)15(22-10-6-3-7-11-22)12-8-4-5-9-13(12)19/h4-5,8-9,15,24H,2-3,6-7,10-11H2,1H3/p+1/t15-/m1/s1. The van der Waals surface area contributed by atoms with Crippen molar-refractivity contribution in [3.63, 3.8) is 0 Å². The van der Waals surface area contributed by atoms with Crippen LogP contribution in [-0.2, 0) is 6.42 Å². The number of halogens is 1. The fourth-order valence-corrected chi connectivity index (χ4v) is 5.07. The predicted octanol–water partition coefficient (Wildman–Crippen LogP) is 2.87. The van der Waals surface area contributed by atoms with Crippen molar-refractivity contribution in [2.24, 2.45) is 0 Å². The number of thiazole rings is 1. The van der Waals surface area contributed by atoms with Crippen molar-refractivity contribution in [1.29, 1.82) is 0 Å². The molecule has 4 rings (SSSR count). The van der Waals surface area contributed by atoms with Gasteiger partial charge in [-0.2, -0.15) is 4.52 Å². The summed E-state index contributed by atoms with van der Waals surface area (Å²) >= 11 is 8.06. The number of hydrogen-bond acceptors (Lipinski definition) is 4. The molecule has 2 N–H and O–H groups in total. The number of likely N-dealkylation sites (tertiary alicyclic amines) is 1. The molecule has 1 fully saturated rings. The topological polar surface area (TPSA) is 54.9 Å². The molecule has 5 nitrogen and oxygen atoms in total. The summed E-state index contributed by atoms with van der Waals surface area (Å²) in [4.78, 5) is 7.63. The van der Waals surface area contributed by atoms with Crippen molar-refractivity contribution in [3.8, 4) is 5.88 Å². The number of nitrogens with one attached hydrogen (secondary N) is 1. The molecule has 0 amide bonds. The largest absolute Gasteiger partial charge is 0.492 e. The molecule has 0 saturated carbocycles. The first-order chi connectivity index (χ1) is 12.2. The minimum absolute atomic E-state index is 0.0209. The Bertz CT molecular complexity index is 884. The van der Waals surface area contributed by atoms with E-state index in [1.54, 1.807) is 4.52 Å². The van der Waals surface area contributed by atoms with E-state index in [9.17, 15) is 5.11 Å². The van der Waals surface area contributed by atoms with Crippen LogP contribution < -0.4 is 4.90 Å². The molecule has 0 bridgehead atoms. The molecule has 1 aromatic carbocycles. The van der Waals surface area contributed by atoms with Gasteiger partial charge in [0.15, 0.2) is 11.9 Å². The maximum atomic E-state index is 10.9. The molecule has 2 aromatic heterocycles. The lowest BCUT2D eigenvalue weighted by atomic mass is 10.0. The molecule has 132 valence electrons. The number of benzene rings is 1. The van der Waals surface area contributed by atoms with Crippen molar-refractivity contribution in [1.82, 2.24) is 14.6 Å². The van der Waals surface area contributed by atoms with Gasteiger partial charge in [-0.3, -0.25) is 0 Å². The number of nitrogens with zero attached hydrogens (tertiary/aromatic N) is 3. The van der Waals surface area contributed by atoms with Crippen LogP contribution in [0.15, 0.2) is 24.3 Å². The molecule has 1 aliphatic heterocycles. The van der Waals surface area contributed by atoms with Gasteiger partial charge < -0.3 is 10.0 Å². The van der Waals surface area contributed by atoms with Crippen LogP contribution in [-0.4, -0.2) is 32.8 Å². The van der Waals surface area contributed by atoms with E-state index >= 15 is 0 Å². The van der Waals surface area contributed by atoms with E-state index in [1.165, 1.54) is 35.5 Å². The zero-order valence-electron chi connectivity index (χ0n) is 14.2. The van der Waals surface area contributed by atoms with Crippen LogP contribution in [0.25, 0.3) is 4.96 Å². The highest BCUT2D eigenvalue weighted by Crippen LogP contribution is 2.37. The van der Waals surface area contributed by atoms with Crippen LogP contribution in [0.1, 0.15) is 48.5 Å². The molecule has 1 saturated heterocycles. The summed E-state index contributed by atoms with van der Waals surface area (Å²) in [7, 11) is 0. The number of aryl methyl sites for hydroxylation is 1. The van der Waals surface area contributed by atoms with Gasteiger partial charge in [-0.1, -0.05) is 48.1 Å². The second-order valence-corrected chi connectivity index (χ2v) is 7.96. The molecule has 3 aromatic rings. The molecule has 0 aliphatic carbocycles. The summed E-state index contributed by atoms with van der Waals surface area (Å²) in [6.45, 7) is 4.19. The Kier molecular flexibility index (Phi) is 4.67. The molecular weight excluding hydrogens is 356 g/mol. The number of quaternary nitrogens is 1. The van der Waals surface area contributed by atoms with Gasteiger partial charge in [0.25, 0.3) is 0 Å². The summed E-state index contributed by atoms with van der Waals surface area (Å²) in [6, 6.07) is 7.98. The maximum absolute atomic E-state index is 10.9. The highest BCUT2D eigenvalue weighted by Gasteiger charge is 2.34. The van der Waals surface area contributed by atoms with Crippen LogP contribution in [0.5, 0.6) is 5.88 Å². The lowest BCUT2D eigenvalue weighted by molar-refractivity contribution is -0.929. The molecule has 7 heteroatoms. The highest BCUT2D eigenvalue weighted by molar-refractivity contribution is 7.17. The molecule has 3 heterocycles. The van der Waals surface area contributed by atoms with Crippen LogP contribution in [0.2, 0.25) is 5.02 Å². The Morgan fingerprint density at radius 2 is 2.04 bits per heavy atom. The van der Waals surface area contributed by atoms with Gasteiger partial charge in [0, 0.05) is 12.0 Å². The normalized spacial score (nSPS) is 17.2. The number of piperidine rings is 1.